The van der Waals surface area contributed by atoms with Crippen LogP contribution in [0, 0.1) is 6.92 Å². The third-order valence-corrected chi connectivity index (χ3v) is 4.72. The first-order valence-electron chi connectivity index (χ1n) is 8.72. The molecule has 1 N–H and O–H groups in total. The molecule has 7 nitrogen and oxygen atoms in total. The predicted molar refractivity (Wildman–Crippen MR) is 91.6 cm³/mol. The SMILES string of the molecule is Cc1nccn1CCNC(=O)N1CCCCC1CCn1ccnc1. The van der Waals surface area contributed by atoms with Crippen molar-refractivity contribution in [3.05, 3.63) is 36.9 Å². The molecule has 2 amide bonds. The van der Waals surface area contributed by atoms with Crippen LogP contribution in [-0.2, 0) is 13.1 Å². The molecule has 0 radical (unpaired) electrons. The van der Waals surface area contributed by atoms with Gasteiger partial charge >= 0.3 is 6.03 Å². The van der Waals surface area contributed by atoms with Crippen molar-refractivity contribution in [2.45, 2.75) is 51.7 Å². The first-order valence-corrected chi connectivity index (χ1v) is 8.72. The number of piperidine rings is 1. The second kappa shape index (κ2) is 7.99. The quantitative estimate of drug-likeness (QED) is 0.881. The number of hydrogen-bond donors (Lipinski definition) is 1. The zero-order chi connectivity index (χ0) is 16.8. The number of imidazole rings is 2. The molecule has 0 aromatic carbocycles. The average molecular weight is 330 g/mol. The minimum atomic E-state index is 0.0584. The molecule has 0 bridgehead atoms. The Morgan fingerprint density at radius 1 is 1.29 bits per heavy atom. The highest BCUT2D eigenvalue weighted by molar-refractivity contribution is 5.74. The van der Waals surface area contributed by atoms with Crippen LogP contribution in [0.25, 0.3) is 0 Å². The van der Waals surface area contributed by atoms with E-state index in [1.165, 1.54) is 6.42 Å². The maximum absolute atomic E-state index is 12.6. The third-order valence-electron chi connectivity index (χ3n) is 4.72. The molecular formula is C17H26N6O. The summed E-state index contributed by atoms with van der Waals surface area (Å²) in [6.45, 7) is 5.11. The van der Waals surface area contributed by atoms with E-state index in [0.717, 1.165) is 44.7 Å². The number of rotatable bonds is 6. The number of nitrogens with one attached hydrogen (secondary N) is 1. The average Bonchev–Trinajstić information content (AvgIpc) is 3.25. The summed E-state index contributed by atoms with van der Waals surface area (Å²) in [7, 11) is 0. The van der Waals surface area contributed by atoms with Crippen molar-refractivity contribution < 1.29 is 4.79 Å². The molecule has 130 valence electrons. The molecule has 24 heavy (non-hydrogen) atoms. The van der Waals surface area contributed by atoms with Crippen molar-refractivity contribution in [1.29, 1.82) is 0 Å². The van der Waals surface area contributed by atoms with E-state index in [9.17, 15) is 4.79 Å². The summed E-state index contributed by atoms with van der Waals surface area (Å²) in [6, 6.07) is 0.374. The summed E-state index contributed by atoms with van der Waals surface area (Å²) in [4.78, 5) is 22.8. The highest BCUT2D eigenvalue weighted by Gasteiger charge is 2.26. The molecule has 0 spiro atoms. The molecular weight excluding hydrogens is 304 g/mol. The Labute approximate surface area is 142 Å². The summed E-state index contributed by atoms with van der Waals surface area (Å²) < 4.78 is 4.12. The van der Waals surface area contributed by atoms with E-state index in [-0.39, 0.29) is 6.03 Å². The van der Waals surface area contributed by atoms with Gasteiger partial charge in [-0.15, -0.1) is 0 Å². The Bertz CT molecular complexity index is 635. The zero-order valence-corrected chi connectivity index (χ0v) is 14.3. The molecule has 1 unspecified atom stereocenters. The molecule has 1 atom stereocenters. The first kappa shape index (κ1) is 16.5. The summed E-state index contributed by atoms with van der Waals surface area (Å²) in [6.07, 6.45) is 13.7. The number of carbonyl (C=O) groups is 1. The lowest BCUT2D eigenvalue weighted by Gasteiger charge is -2.36. The van der Waals surface area contributed by atoms with Gasteiger partial charge in [-0.3, -0.25) is 0 Å². The Hall–Kier alpha value is -2.31. The number of nitrogens with zero attached hydrogens (tertiary/aromatic N) is 5. The molecule has 3 heterocycles. The largest absolute Gasteiger partial charge is 0.337 e. The van der Waals surface area contributed by atoms with Crippen LogP contribution in [0.4, 0.5) is 4.79 Å². The van der Waals surface area contributed by atoms with E-state index in [2.05, 4.69) is 19.9 Å². The topological polar surface area (TPSA) is 68.0 Å². The highest BCUT2D eigenvalue weighted by Crippen LogP contribution is 2.20. The van der Waals surface area contributed by atoms with E-state index in [4.69, 9.17) is 0 Å². The van der Waals surface area contributed by atoms with Gasteiger partial charge < -0.3 is 19.4 Å². The van der Waals surface area contributed by atoms with Crippen molar-refractivity contribution in [2.75, 3.05) is 13.1 Å². The molecule has 2 aromatic rings. The minimum absolute atomic E-state index is 0.0584. The van der Waals surface area contributed by atoms with Gasteiger partial charge in [-0.1, -0.05) is 0 Å². The van der Waals surface area contributed by atoms with Gasteiger partial charge in [0.05, 0.1) is 6.33 Å². The van der Waals surface area contributed by atoms with Crippen LogP contribution >= 0.6 is 0 Å². The number of urea groups is 1. The Balaban J connectivity index is 1.48. The summed E-state index contributed by atoms with van der Waals surface area (Å²) >= 11 is 0. The van der Waals surface area contributed by atoms with Gasteiger partial charge in [0, 0.05) is 57.0 Å². The number of likely N-dealkylation sites (tertiary alicyclic amines) is 1. The standard InChI is InChI=1S/C17H26N6O/c1-15-19-7-12-22(15)13-8-20-17(24)23-9-3-2-4-16(23)5-10-21-11-6-18-14-21/h6-7,11-12,14,16H,2-5,8-10,13H2,1H3,(H,20,24). The second-order valence-corrected chi connectivity index (χ2v) is 6.33. The smallest absolute Gasteiger partial charge is 0.317 e. The fourth-order valence-electron chi connectivity index (χ4n) is 3.31. The van der Waals surface area contributed by atoms with Crippen molar-refractivity contribution in [2.24, 2.45) is 0 Å². The molecule has 1 aliphatic heterocycles. The number of aryl methyl sites for hydroxylation is 2. The molecule has 1 aliphatic rings. The lowest BCUT2D eigenvalue weighted by atomic mass is 10.00. The van der Waals surface area contributed by atoms with Gasteiger partial charge in [-0.25, -0.2) is 14.8 Å². The monoisotopic (exact) mass is 330 g/mol. The van der Waals surface area contributed by atoms with Gasteiger partial charge in [-0.05, 0) is 32.6 Å². The van der Waals surface area contributed by atoms with Crippen LogP contribution < -0.4 is 5.32 Å². The summed E-state index contributed by atoms with van der Waals surface area (Å²) in [5.41, 5.74) is 0. The maximum Gasteiger partial charge on any atom is 0.317 e. The Morgan fingerprint density at radius 3 is 2.96 bits per heavy atom. The lowest BCUT2D eigenvalue weighted by Crippen LogP contribution is -2.49. The van der Waals surface area contributed by atoms with Crippen molar-refractivity contribution >= 4 is 6.03 Å². The second-order valence-electron chi connectivity index (χ2n) is 6.33. The molecule has 2 aromatic heterocycles. The number of carbonyl (C=O) groups excluding carboxylic acids is 1. The number of aromatic nitrogens is 4. The van der Waals surface area contributed by atoms with Gasteiger partial charge in [0.25, 0.3) is 0 Å². The van der Waals surface area contributed by atoms with Crippen LogP contribution in [-0.4, -0.2) is 49.2 Å². The van der Waals surface area contributed by atoms with Crippen LogP contribution in [0.1, 0.15) is 31.5 Å². The van der Waals surface area contributed by atoms with E-state index in [0.29, 0.717) is 12.6 Å². The predicted octanol–water partition coefficient (Wildman–Crippen LogP) is 2.04. The fraction of sp³-hybridized carbons (Fsp3) is 0.588. The van der Waals surface area contributed by atoms with Gasteiger partial charge in [-0.2, -0.15) is 0 Å². The number of amides is 2. The van der Waals surface area contributed by atoms with Crippen LogP contribution in [0.3, 0.4) is 0 Å². The first-order chi connectivity index (χ1) is 11.7. The highest BCUT2D eigenvalue weighted by atomic mass is 16.2. The van der Waals surface area contributed by atoms with Crippen molar-refractivity contribution in [3.8, 4) is 0 Å². The van der Waals surface area contributed by atoms with Crippen molar-refractivity contribution in [1.82, 2.24) is 29.3 Å². The molecule has 0 saturated carbocycles. The zero-order valence-electron chi connectivity index (χ0n) is 14.3. The van der Waals surface area contributed by atoms with Crippen LogP contribution in [0.15, 0.2) is 31.1 Å². The lowest BCUT2D eigenvalue weighted by molar-refractivity contribution is 0.143. The summed E-state index contributed by atoms with van der Waals surface area (Å²) in [5.74, 6) is 0.973. The van der Waals surface area contributed by atoms with Gasteiger partial charge in [0.1, 0.15) is 5.82 Å². The molecule has 7 heteroatoms. The molecule has 3 rings (SSSR count). The van der Waals surface area contributed by atoms with Crippen molar-refractivity contribution in [3.63, 3.8) is 0 Å². The van der Waals surface area contributed by atoms with Gasteiger partial charge in [0.15, 0.2) is 0 Å². The molecule has 1 fully saturated rings. The van der Waals surface area contributed by atoms with E-state index >= 15 is 0 Å². The molecule has 0 aliphatic carbocycles. The van der Waals surface area contributed by atoms with E-state index in [1.54, 1.807) is 12.4 Å². The van der Waals surface area contributed by atoms with E-state index in [1.807, 2.05) is 35.1 Å². The van der Waals surface area contributed by atoms with Crippen LogP contribution in [0.5, 0.6) is 0 Å². The minimum Gasteiger partial charge on any atom is -0.337 e. The van der Waals surface area contributed by atoms with Gasteiger partial charge in [0.2, 0.25) is 0 Å². The van der Waals surface area contributed by atoms with E-state index < -0.39 is 0 Å². The van der Waals surface area contributed by atoms with Crippen LogP contribution in [0.2, 0.25) is 0 Å². The maximum atomic E-state index is 12.6. The number of hydrogen-bond acceptors (Lipinski definition) is 3. The normalized spacial score (nSPS) is 17.9. The fourth-order valence-corrected chi connectivity index (χ4v) is 3.31. The Morgan fingerprint density at radius 2 is 2.21 bits per heavy atom. The third kappa shape index (κ3) is 4.15. The summed E-state index contributed by atoms with van der Waals surface area (Å²) in [5, 5.41) is 3.06. The Kier molecular flexibility index (Phi) is 5.51. The molecule has 1 saturated heterocycles.